The van der Waals surface area contributed by atoms with E-state index in [-0.39, 0.29) is 32.1 Å². The average molecular weight is 707 g/mol. The summed E-state index contributed by atoms with van der Waals surface area (Å²) in [5, 5.41) is 39.1. The van der Waals surface area contributed by atoms with Crippen molar-refractivity contribution in [1.29, 1.82) is 0 Å². The number of benzene rings is 3. The summed E-state index contributed by atoms with van der Waals surface area (Å²) in [7, 11) is 0. The Morgan fingerprint density at radius 3 is 1.84 bits per heavy atom. The maximum Gasteiger partial charge on any atom is 0.269 e. The van der Waals surface area contributed by atoms with Gasteiger partial charge in [0.2, 0.25) is 0 Å². The summed E-state index contributed by atoms with van der Waals surface area (Å²) in [6.45, 7) is 8.31. The predicted molar refractivity (Wildman–Crippen MR) is 206 cm³/mol. The van der Waals surface area contributed by atoms with E-state index in [1.165, 1.54) is 94.9 Å². The number of ether oxygens (including phenoxy) is 2. The molecular formula is C39H58N6O6. The fourth-order valence-corrected chi connectivity index (χ4v) is 5.67. The van der Waals surface area contributed by atoms with E-state index in [1.807, 2.05) is 13.0 Å². The Hall–Kier alpha value is -4.42. The van der Waals surface area contributed by atoms with Gasteiger partial charge in [0.25, 0.3) is 5.69 Å². The number of hydrogen-bond donors (Lipinski definition) is 4. The minimum absolute atomic E-state index is 0.0227. The van der Waals surface area contributed by atoms with Crippen LogP contribution in [0.15, 0.2) is 64.8 Å². The van der Waals surface area contributed by atoms with Crippen molar-refractivity contribution in [3.8, 4) is 11.5 Å². The van der Waals surface area contributed by atoms with Gasteiger partial charge in [-0.25, -0.2) is 0 Å². The normalized spacial score (nSPS) is 11.2. The predicted octanol–water partition coefficient (Wildman–Crippen LogP) is 10.0. The molecule has 0 bridgehead atoms. The van der Waals surface area contributed by atoms with Crippen molar-refractivity contribution in [3.05, 3.63) is 70.3 Å². The number of nitro groups is 1. The highest BCUT2D eigenvalue weighted by atomic mass is 16.6. The zero-order valence-corrected chi connectivity index (χ0v) is 30.7. The van der Waals surface area contributed by atoms with Crippen LogP contribution in [0.3, 0.4) is 0 Å². The highest BCUT2D eigenvalue weighted by molar-refractivity contribution is 5.70. The number of nitrogens with one attached hydrogen (secondary N) is 2. The van der Waals surface area contributed by atoms with Crippen LogP contribution in [-0.4, -0.2) is 54.7 Å². The number of hydrogen-bond acceptors (Lipinski definition) is 11. The molecule has 0 radical (unpaired) electrons. The van der Waals surface area contributed by atoms with Crippen LogP contribution in [0.5, 0.6) is 11.5 Å². The van der Waals surface area contributed by atoms with Crippen LogP contribution in [0, 0.1) is 17.0 Å². The summed E-state index contributed by atoms with van der Waals surface area (Å²) >= 11 is 0. The van der Waals surface area contributed by atoms with Gasteiger partial charge >= 0.3 is 0 Å². The van der Waals surface area contributed by atoms with Crippen molar-refractivity contribution in [3.63, 3.8) is 0 Å². The lowest BCUT2D eigenvalue weighted by Gasteiger charge is -2.26. The zero-order chi connectivity index (χ0) is 36.7. The lowest BCUT2D eigenvalue weighted by Crippen LogP contribution is -2.25. The van der Waals surface area contributed by atoms with Crippen molar-refractivity contribution in [2.24, 2.45) is 10.2 Å². The molecule has 0 heterocycles. The summed E-state index contributed by atoms with van der Waals surface area (Å²) in [5.41, 5.74) is 10.4. The maximum absolute atomic E-state index is 11.0. The average Bonchev–Trinajstić information content (AvgIpc) is 3.14. The molecule has 0 fully saturated rings. The summed E-state index contributed by atoms with van der Waals surface area (Å²) in [6.07, 6.45) is 15.2. The number of nitrogens with zero attached hydrogens (tertiary/aromatic N) is 4. The molecule has 0 spiro atoms. The molecule has 0 unspecified atom stereocenters. The van der Waals surface area contributed by atoms with Gasteiger partial charge in [-0.1, -0.05) is 78.1 Å². The van der Waals surface area contributed by atoms with Crippen molar-refractivity contribution in [2.75, 3.05) is 55.3 Å². The van der Waals surface area contributed by atoms with Gasteiger partial charge in [-0.05, 0) is 55.7 Å². The van der Waals surface area contributed by atoms with E-state index < -0.39 is 4.92 Å². The third kappa shape index (κ3) is 14.8. The van der Waals surface area contributed by atoms with Gasteiger partial charge in [-0.3, -0.25) is 15.5 Å². The van der Waals surface area contributed by atoms with Gasteiger partial charge in [-0.15, -0.1) is 5.11 Å². The zero-order valence-electron chi connectivity index (χ0n) is 30.7. The minimum atomic E-state index is -0.463. The topological polar surface area (TPSA) is 154 Å². The van der Waals surface area contributed by atoms with Crippen LogP contribution in [0.4, 0.5) is 34.1 Å². The second-order valence-corrected chi connectivity index (χ2v) is 12.7. The monoisotopic (exact) mass is 706 g/mol. The number of aliphatic hydroxyl groups excluding tert-OH is 2. The highest BCUT2D eigenvalue weighted by Crippen LogP contribution is 2.40. The Labute approximate surface area is 303 Å². The SMILES string of the molecule is CCCCCCCCN(CCCCCCCC)c1ccc(N=Nc2cc(OCCO)c(NNc3ccc([N+](=O)[O-])cc3)cc2OCCO)c(C)c1. The molecule has 3 rings (SSSR count). The first kappa shape index (κ1) is 41.0. The standard InChI is InChI=1S/C39H58N6O6/c1-4-6-8-10-12-14-22-44(23-15-13-11-9-7-5-2)34-20-21-35(31(3)28-34)41-43-37-30-38(50-26-24-46)36(29-39(37)51-27-25-47)42-40-32-16-18-33(19-17-32)45(48)49/h16-21,28-30,40,42,46-47H,4-15,22-27H2,1-3H3. The van der Waals surface area contributed by atoms with Crippen molar-refractivity contribution < 1.29 is 24.6 Å². The number of anilines is 3. The molecule has 0 aliphatic carbocycles. The first-order valence-corrected chi connectivity index (χ1v) is 18.6. The minimum Gasteiger partial charge on any atom is -0.489 e. The molecule has 0 saturated carbocycles. The number of hydrazine groups is 1. The molecule has 0 aliphatic heterocycles. The van der Waals surface area contributed by atoms with Gasteiger partial charge in [-0.2, -0.15) is 5.11 Å². The van der Waals surface area contributed by atoms with E-state index in [0.29, 0.717) is 28.6 Å². The van der Waals surface area contributed by atoms with Crippen molar-refractivity contribution in [1.82, 2.24) is 0 Å². The lowest BCUT2D eigenvalue weighted by atomic mass is 10.1. The third-order valence-electron chi connectivity index (χ3n) is 8.55. The lowest BCUT2D eigenvalue weighted by molar-refractivity contribution is -0.384. The Balaban J connectivity index is 1.80. The van der Waals surface area contributed by atoms with Gasteiger partial charge in [0.05, 0.1) is 35.2 Å². The van der Waals surface area contributed by atoms with E-state index in [2.05, 4.69) is 52.0 Å². The second-order valence-electron chi connectivity index (χ2n) is 12.7. The number of aryl methyl sites for hydroxylation is 1. The summed E-state index contributed by atoms with van der Waals surface area (Å²) in [4.78, 5) is 13.1. The molecule has 51 heavy (non-hydrogen) atoms. The number of aliphatic hydroxyl groups is 2. The van der Waals surface area contributed by atoms with Crippen LogP contribution >= 0.6 is 0 Å². The van der Waals surface area contributed by atoms with E-state index in [0.717, 1.165) is 24.3 Å². The molecule has 3 aromatic rings. The molecule has 12 nitrogen and oxygen atoms in total. The van der Waals surface area contributed by atoms with Crippen molar-refractivity contribution >= 4 is 34.1 Å². The molecule has 0 amide bonds. The second kappa shape index (κ2) is 23.9. The Kier molecular flexibility index (Phi) is 19.2. The van der Waals surface area contributed by atoms with Crippen LogP contribution in [-0.2, 0) is 0 Å². The van der Waals surface area contributed by atoms with Gasteiger partial charge in [0, 0.05) is 43.0 Å². The van der Waals surface area contributed by atoms with Crippen LogP contribution < -0.4 is 25.2 Å². The summed E-state index contributed by atoms with van der Waals surface area (Å²) in [5.74, 6) is 0.728. The van der Waals surface area contributed by atoms with Gasteiger partial charge in [0.15, 0.2) is 0 Å². The molecule has 12 heteroatoms. The molecule has 0 aliphatic rings. The molecule has 4 N–H and O–H groups in total. The van der Waals surface area contributed by atoms with E-state index in [9.17, 15) is 20.3 Å². The largest absolute Gasteiger partial charge is 0.489 e. The number of azo groups is 1. The number of unbranched alkanes of at least 4 members (excludes halogenated alkanes) is 10. The molecule has 280 valence electrons. The quantitative estimate of drug-likeness (QED) is 0.0262. The van der Waals surface area contributed by atoms with E-state index >= 15 is 0 Å². The fourth-order valence-electron chi connectivity index (χ4n) is 5.67. The molecule has 0 atom stereocenters. The first-order chi connectivity index (χ1) is 24.9. The van der Waals surface area contributed by atoms with Crippen LogP contribution in [0.25, 0.3) is 0 Å². The van der Waals surface area contributed by atoms with E-state index in [4.69, 9.17) is 9.47 Å². The Morgan fingerprint density at radius 2 is 1.27 bits per heavy atom. The molecule has 0 saturated heterocycles. The number of nitro benzene ring substituents is 1. The molecular weight excluding hydrogens is 648 g/mol. The van der Waals surface area contributed by atoms with Crippen LogP contribution in [0.1, 0.15) is 96.5 Å². The smallest absolute Gasteiger partial charge is 0.269 e. The molecule has 3 aromatic carbocycles. The van der Waals surface area contributed by atoms with E-state index in [1.54, 1.807) is 24.3 Å². The first-order valence-electron chi connectivity index (χ1n) is 18.6. The number of rotatable bonds is 27. The third-order valence-corrected chi connectivity index (χ3v) is 8.55. The highest BCUT2D eigenvalue weighted by Gasteiger charge is 2.15. The number of non-ortho nitro benzene ring substituents is 1. The Morgan fingerprint density at radius 1 is 0.706 bits per heavy atom. The van der Waals surface area contributed by atoms with Gasteiger partial charge < -0.3 is 30.0 Å². The fraction of sp³-hybridized carbons (Fsp3) is 0.538. The van der Waals surface area contributed by atoms with Crippen molar-refractivity contribution in [2.45, 2.75) is 97.8 Å². The summed E-state index contributed by atoms with van der Waals surface area (Å²) in [6, 6.07) is 15.6. The van der Waals surface area contributed by atoms with Gasteiger partial charge in [0.1, 0.15) is 30.4 Å². The Bertz CT molecular complexity index is 1450. The molecule has 0 aromatic heterocycles. The maximum atomic E-state index is 11.0. The van der Waals surface area contributed by atoms with Crippen LogP contribution in [0.2, 0.25) is 0 Å². The summed E-state index contributed by atoms with van der Waals surface area (Å²) < 4.78 is 11.6.